The second-order valence-corrected chi connectivity index (χ2v) is 5.91. The summed E-state index contributed by atoms with van der Waals surface area (Å²) in [5.41, 5.74) is 0. The number of Topliss-reactive ketones (excluding diaryl/α,β-unsaturated/α-hetero) is 1. The third-order valence-corrected chi connectivity index (χ3v) is 4.53. The lowest BCUT2D eigenvalue weighted by Crippen LogP contribution is -2.30. The third-order valence-electron chi connectivity index (χ3n) is 4.53. The van der Waals surface area contributed by atoms with E-state index in [2.05, 4.69) is 6.92 Å². The number of hydrogen-bond donors (Lipinski definition) is 0. The third kappa shape index (κ3) is 3.80. The molecule has 2 rings (SSSR count). The molecule has 2 fully saturated rings. The second kappa shape index (κ2) is 6.53. The highest BCUT2D eigenvalue weighted by molar-refractivity contribution is 5.82. The van der Waals surface area contributed by atoms with Gasteiger partial charge >= 0.3 is 0 Å². The number of carbonyl (C=O) groups is 1. The molecule has 0 aromatic carbocycles. The van der Waals surface area contributed by atoms with Gasteiger partial charge in [-0.15, -0.1) is 0 Å². The summed E-state index contributed by atoms with van der Waals surface area (Å²) in [6, 6.07) is 0. The molecule has 17 heavy (non-hydrogen) atoms. The van der Waals surface area contributed by atoms with Gasteiger partial charge in [0.05, 0.1) is 6.10 Å². The minimum Gasteiger partial charge on any atom is -0.370 e. The van der Waals surface area contributed by atoms with Gasteiger partial charge < -0.3 is 4.74 Å². The topological polar surface area (TPSA) is 26.3 Å². The SMILES string of the molecule is CC1CCCCC1OCC(=O)C1CCCCC1. The van der Waals surface area contributed by atoms with Crippen LogP contribution in [0, 0.1) is 11.8 Å². The first-order valence-corrected chi connectivity index (χ1v) is 7.41. The van der Waals surface area contributed by atoms with Gasteiger partial charge in [0, 0.05) is 5.92 Å². The van der Waals surface area contributed by atoms with Crippen LogP contribution in [0.25, 0.3) is 0 Å². The van der Waals surface area contributed by atoms with Gasteiger partial charge in [0.25, 0.3) is 0 Å². The fourth-order valence-corrected chi connectivity index (χ4v) is 3.26. The minimum absolute atomic E-state index is 0.308. The highest BCUT2D eigenvalue weighted by Gasteiger charge is 2.25. The molecule has 2 saturated carbocycles. The first kappa shape index (κ1) is 13.1. The van der Waals surface area contributed by atoms with Gasteiger partial charge in [-0.1, -0.05) is 39.0 Å². The zero-order chi connectivity index (χ0) is 12.1. The monoisotopic (exact) mass is 238 g/mol. The van der Waals surface area contributed by atoms with Gasteiger partial charge in [-0.25, -0.2) is 0 Å². The molecule has 0 spiro atoms. The Morgan fingerprint density at radius 2 is 1.65 bits per heavy atom. The molecule has 0 radical (unpaired) electrons. The Morgan fingerprint density at radius 3 is 2.35 bits per heavy atom. The van der Waals surface area contributed by atoms with E-state index in [1.807, 2.05) is 0 Å². The molecular formula is C15H26O2. The van der Waals surface area contributed by atoms with Crippen molar-refractivity contribution in [3.8, 4) is 0 Å². The molecule has 2 unspecified atom stereocenters. The van der Waals surface area contributed by atoms with Crippen molar-refractivity contribution in [1.82, 2.24) is 0 Å². The summed E-state index contributed by atoms with van der Waals surface area (Å²) in [6.07, 6.45) is 11.3. The lowest BCUT2D eigenvalue weighted by atomic mass is 9.86. The Hall–Kier alpha value is -0.370. The highest BCUT2D eigenvalue weighted by Crippen LogP contribution is 2.28. The maximum absolute atomic E-state index is 12.0. The van der Waals surface area contributed by atoms with Crippen molar-refractivity contribution in [3.63, 3.8) is 0 Å². The Kier molecular flexibility index (Phi) is 5.02. The van der Waals surface area contributed by atoms with Gasteiger partial charge in [-0.2, -0.15) is 0 Å². The Balaban J connectivity index is 1.71. The minimum atomic E-state index is 0.308. The molecule has 0 amide bonds. The van der Waals surface area contributed by atoms with Crippen molar-refractivity contribution in [1.29, 1.82) is 0 Å². The number of ether oxygens (including phenoxy) is 1. The van der Waals surface area contributed by atoms with Crippen molar-refractivity contribution in [3.05, 3.63) is 0 Å². The van der Waals surface area contributed by atoms with Gasteiger partial charge in [0.2, 0.25) is 0 Å². The van der Waals surface area contributed by atoms with Crippen molar-refractivity contribution in [2.75, 3.05) is 6.61 Å². The summed E-state index contributed by atoms with van der Waals surface area (Å²) >= 11 is 0. The zero-order valence-corrected chi connectivity index (χ0v) is 11.1. The molecule has 2 aliphatic rings. The Morgan fingerprint density at radius 1 is 1.00 bits per heavy atom. The van der Waals surface area contributed by atoms with Gasteiger partial charge in [-0.05, 0) is 31.6 Å². The molecule has 0 aliphatic heterocycles. The average molecular weight is 238 g/mol. The van der Waals surface area contributed by atoms with Crippen LogP contribution in [0.4, 0.5) is 0 Å². The fourth-order valence-electron chi connectivity index (χ4n) is 3.26. The first-order chi connectivity index (χ1) is 8.27. The van der Waals surface area contributed by atoms with Crippen LogP contribution in [0.5, 0.6) is 0 Å². The number of carbonyl (C=O) groups excluding carboxylic acids is 1. The maximum atomic E-state index is 12.0. The lowest BCUT2D eigenvalue weighted by Gasteiger charge is -2.29. The molecule has 0 N–H and O–H groups in total. The van der Waals surface area contributed by atoms with Gasteiger partial charge in [0.1, 0.15) is 6.61 Å². The van der Waals surface area contributed by atoms with Crippen molar-refractivity contribution in [2.45, 2.75) is 70.8 Å². The molecule has 2 atom stereocenters. The Bertz CT molecular complexity index is 243. The number of ketones is 1. The summed E-state index contributed by atoms with van der Waals surface area (Å²) in [6.45, 7) is 2.63. The summed E-state index contributed by atoms with van der Waals surface area (Å²) in [4.78, 5) is 12.0. The largest absolute Gasteiger partial charge is 0.370 e. The molecule has 0 heterocycles. The molecule has 0 aromatic rings. The first-order valence-electron chi connectivity index (χ1n) is 7.41. The van der Waals surface area contributed by atoms with E-state index in [1.54, 1.807) is 0 Å². The predicted molar refractivity (Wildman–Crippen MR) is 69.0 cm³/mol. The van der Waals surface area contributed by atoms with E-state index in [-0.39, 0.29) is 0 Å². The Labute approximate surface area is 105 Å². The van der Waals surface area contributed by atoms with E-state index >= 15 is 0 Å². The van der Waals surface area contributed by atoms with Gasteiger partial charge in [0.15, 0.2) is 5.78 Å². The van der Waals surface area contributed by atoms with Crippen LogP contribution < -0.4 is 0 Å². The van der Waals surface area contributed by atoms with Crippen LogP contribution in [-0.2, 0) is 9.53 Å². The fraction of sp³-hybridized carbons (Fsp3) is 0.933. The highest BCUT2D eigenvalue weighted by atomic mass is 16.5. The van der Waals surface area contributed by atoms with Crippen molar-refractivity contribution < 1.29 is 9.53 Å². The smallest absolute Gasteiger partial charge is 0.161 e. The molecule has 98 valence electrons. The van der Waals surface area contributed by atoms with Crippen LogP contribution in [0.15, 0.2) is 0 Å². The summed E-state index contributed by atoms with van der Waals surface area (Å²) in [5, 5.41) is 0. The van der Waals surface area contributed by atoms with Crippen molar-refractivity contribution in [2.24, 2.45) is 11.8 Å². The summed E-state index contributed by atoms with van der Waals surface area (Å²) in [5.74, 6) is 1.31. The van der Waals surface area contributed by atoms with E-state index in [4.69, 9.17) is 4.74 Å². The lowest BCUT2D eigenvalue weighted by molar-refractivity contribution is -0.132. The van der Waals surface area contributed by atoms with Gasteiger partial charge in [-0.3, -0.25) is 4.79 Å². The van der Waals surface area contributed by atoms with Crippen LogP contribution in [-0.4, -0.2) is 18.5 Å². The number of rotatable bonds is 4. The van der Waals surface area contributed by atoms with Crippen LogP contribution >= 0.6 is 0 Å². The van der Waals surface area contributed by atoms with E-state index < -0.39 is 0 Å². The second-order valence-electron chi connectivity index (χ2n) is 5.91. The molecule has 0 bridgehead atoms. The van der Waals surface area contributed by atoms with E-state index in [0.717, 1.165) is 19.3 Å². The standard InChI is InChI=1S/C15H26O2/c1-12-7-5-6-10-15(12)17-11-14(16)13-8-3-2-4-9-13/h12-13,15H,2-11H2,1H3. The molecule has 2 heteroatoms. The zero-order valence-electron chi connectivity index (χ0n) is 11.1. The molecular weight excluding hydrogens is 212 g/mol. The quantitative estimate of drug-likeness (QED) is 0.746. The molecule has 2 nitrogen and oxygen atoms in total. The average Bonchev–Trinajstić information content (AvgIpc) is 2.38. The van der Waals surface area contributed by atoms with E-state index in [1.165, 1.54) is 38.5 Å². The normalized spacial score (nSPS) is 31.4. The van der Waals surface area contributed by atoms with E-state index in [9.17, 15) is 4.79 Å². The maximum Gasteiger partial charge on any atom is 0.161 e. The molecule has 0 saturated heterocycles. The summed E-state index contributed by atoms with van der Waals surface area (Å²) in [7, 11) is 0. The van der Waals surface area contributed by atoms with E-state index in [0.29, 0.717) is 30.3 Å². The predicted octanol–water partition coefficient (Wildman–Crippen LogP) is 3.73. The van der Waals surface area contributed by atoms with Crippen LogP contribution in [0.3, 0.4) is 0 Å². The summed E-state index contributed by atoms with van der Waals surface area (Å²) < 4.78 is 5.86. The molecule has 2 aliphatic carbocycles. The van der Waals surface area contributed by atoms with Crippen molar-refractivity contribution >= 4 is 5.78 Å². The van der Waals surface area contributed by atoms with Crippen LogP contribution in [0.1, 0.15) is 64.7 Å². The van der Waals surface area contributed by atoms with Crippen LogP contribution in [0.2, 0.25) is 0 Å². The molecule has 0 aromatic heterocycles. The number of hydrogen-bond acceptors (Lipinski definition) is 2.